The third-order valence-corrected chi connectivity index (χ3v) is 12.2. The van der Waals surface area contributed by atoms with Crippen molar-refractivity contribution < 1.29 is 8.85 Å². The van der Waals surface area contributed by atoms with Crippen LogP contribution in [-0.4, -0.2) is 95.4 Å². The number of hydrogen-bond acceptors (Lipinski definition) is 5. The minimum absolute atomic E-state index is 0.319. The summed E-state index contributed by atoms with van der Waals surface area (Å²) in [7, 11) is -2.23. The molecule has 0 rings (SSSR count). The van der Waals surface area contributed by atoms with Crippen molar-refractivity contribution in [2.24, 2.45) is 5.41 Å². The van der Waals surface area contributed by atoms with Crippen LogP contribution in [0.15, 0.2) is 0 Å². The third-order valence-electron chi connectivity index (χ3n) is 8.23. The van der Waals surface area contributed by atoms with Gasteiger partial charge in [-0.3, -0.25) is 0 Å². The van der Waals surface area contributed by atoms with Crippen LogP contribution in [0.2, 0.25) is 12.1 Å². The molecule has 0 saturated heterocycles. The summed E-state index contributed by atoms with van der Waals surface area (Å²) in [5, 5.41) is 0. The van der Waals surface area contributed by atoms with Gasteiger partial charge in [-0.2, -0.15) is 0 Å². The highest BCUT2D eigenvalue weighted by molar-refractivity contribution is 6.67. The van der Waals surface area contributed by atoms with Gasteiger partial charge in [0.1, 0.15) is 0 Å². The predicted molar refractivity (Wildman–Crippen MR) is 158 cm³/mol. The molecule has 0 saturated carbocycles. The van der Waals surface area contributed by atoms with Gasteiger partial charge in [-0.25, -0.2) is 0 Å². The summed E-state index contributed by atoms with van der Waals surface area (Å²) in [4.78, 5) is 7.77. The van der Waals surface area contributed by atoms with Crippen molar-refractivity contribution >= 4 is 8.56 Å². The van der Waals surface area contributed by atoms with E-state index in [0.29, 0.717) is 5.41 Å². The van der Waals surface area contributed by atoms with Gasteiger partial charge in [-0.15, -0.1) is 0 Å². The highest BCUT2D eigenvalue weighted by Gasteiger charge is 2.44. The molecular weight excluding hydrogens is 450 g/mol. The summed E-state index contributed by atoms with van der Waals surface area (Å²) in [6.45, 7) is 32.5. The van der Waals surface area contributed by atoms with E-state index >= 15 is 0 Å². The topological polar surface area (TPSA) is 28.2 Å². The Labute approximate surface area is 222 Å². The maximum absolute atomic E-state index is 6.57. The standard InChI is InChI=1S/C29H65N3O2Si/c1-10-30(11-2)25-19-22-29(23-20-26-31(12-3)13-4,24-21-27-32(14-5)15-6)28-35(18-9,33-16-7)34-17-8/h10-28H2,1-9H3. The van der Waals surface area contributed by atoms with Crippen molar-refractivity contribution in [1.29, 1.82) is 0 Å². The van der Waals surface area contributed by atoms with Crippen LogP contribution in [0.25, 0.3) is 0 Å². The second-order valence-electron chi connectivity index (χ2n) is 10.2. The van der Waals surface area contributed by atoms with Gasteiger partial charge in [0.15, 0.2) is 0 Å². The number of nitrogens with zero attached hydrogens (tertiary/aromatic N) is 3. The van der Waals surface area contributed by atoms with E-state index in [1.165, 1.54) is 58.2 Å². The molecule has 0 aliphatic rings. The van der Waals surface area contributed by atoms with Crippen molar-refractivity contribution in [1.82, 2.24) is 14.7 Å². The zero-order chi connectivity index (χ0) is 26.6. The second kappa shape index (κ2) is 21.0. The average molecular weight is 516 g/mol. The Bertz CT molecular complexity index is 417. The first-order chi connectivity index (χ1) is 16.9. The molecule has 0 aliphatic heterocycles. The van der Waals surface area contributed by atoms with Crippen molar-refractivity contribution in [3.05, 3.63) is 0 Å². The summed E-state index contributed by atoms with van der Waals surface area (Å²) < 4.78 is 13.1. The van der Waals surface area contributed by atoms with Gasteiger partial charge in [0.2, 0.25) is 0 Å². The van der Waals surface area contributed by atoms with E-state index in [-0.39, 0.29) is 0 Å². The predicted octanol–water partition coefficient (Wildman–Crippen LogP) is 6.87. The maximum atomic E-state index is 6.57. The van der Waals surface area contributed by atoms with Crippen molar-refractivity contribution in [3.63, 3.8) is 0 Å². The van der Waals surface area contributed by atoms with E-state index in [2.05, 4.69) is 77.0 Å². The van der Waals surface area contributed by atoms with Gasteiger partial charge in [-0.1, -0.05) is 48.5 Å². The summed E-state index contributed by atoms with van der Waals surface area (Å²) in [6.07, 6.45) is 7.75. The van der Waals surface area contributed by atoms with Crippen LogP contribution >= 0.6 is 0 Å². The van der Waals surface area contributed by atoms with Crippen LogP contribution in [0.1, 0.15) is 101 Å². The highest BCUT2D eigenvalue weighted by Crippen LogP contribution is 2.44. The number of rotatable bonds is 25. The Morgan fingerprint density at radius 2 is 0.829 bits per heavy atom. The molecule has 0 heterocycles. The van der Waals surface area contributed by atoms with Crippen LogP contribution in [-0.2, 0) is 8.85 Å². The Hall–Kier alpha value is 0.0169. The lowest BCUT2D eigenvalue weighted by Gasteiger charge is -2.42. The molecule has 6 heteroatoms. The molecule has 35 heavy (non-hydrogen) atoms. The van der Waals surface area contributed by atoms with Crippen molar-refractivity contribution in [2.45, 2.75) is 113 Å². The van der Waals surface area contributed by atoms with Crippen molar-refractivity contribution in [3.8, 4) is 0 Å². The van der Waals surface area contributed by atoms with E-state index in [4.69, 9.17) is 8.85 Å². The van der Waals surface area contributed by atoms with Gasteiger partial charge in [0, 0.05) is 13.2 Å². The third kappa shape index (κ3) is 13.9. The number of hydrogen-bond donors (Lipinski definition) is 0. The molecule has 0 atom stereocenters. The fourth-order valence-electron chi connectivity index (χ4n) is 5.86. The first-order valence-corrected chi connectivity index (χ1v) is 17.5. The quantitative estimate of drug-likeness (QED) is 0.124. The van der Waals surface area contributed by atoms with Gasteiger partial charge in [-0.05, 0) is 129 Å². The molecule has 0 bridgehead atoms. The zero-order valence-electron chi connectivity index (χ0n) is 25.6. The van der Waals surface area contributed by atoms with Gasteiger partial charge in [0.05, 0.1) is 0 Å². The molecular formula is C29H65N3O2Si. The van der Waals surface area contributed by atoms with Gasteiger partial charge in [0.25, 0.3) is 0 Å². The first-order valence-electron chi connectivity index (χ1n) is 15.3. The molecule has 0 unspecified atom stereocenters. The minimum atomic E-state index is -2.23. The van der Waals surface area contributed by atoms with Gasteiger partial charge < -0.3 is 23.6 Å². The molecule has 0 N–H and O–H groups in total. The Morgan fingerprint density at radius 3 is 1.06 bits per heavy atom. The SMILES string of the molecule is CCO[Si](CC)(CC(CCCN(CC)CC)(CCCN(CC)CC)CCCN(CC)CC)OCC. The molecule has 0 amide bonds. The molecule has 0 aromatic rings. The maximum Gasteiger partial charge on any atom is 0.338 e. The van der Waals surface area contributed by atoms with E-state index in [1.54, 1.807) is 0 Å². The summed E-state index contributed by atoms with van der Waals surface area (Å²) >= 11 is 0. The molecule has 0 aromatic heterocycles. The molecule has 0 radical (unpaired) electrons. The molecule has 0 aromatic carbocycles. The van der Waals surface area contributed by atoms with E-state index < -0.39 is 8.56 Å². The van der Waals surface area contributed by atoms with Crippen LogP contribution < -0.4 is 0 Å². The highest BCUT2D eigenvalue weighted by atomic mass is 28.4. The van der Waals surface area contributed by atoms with E-state index in [0.717, 1.165) is 64.6 Å². The molecule has 0 aliphatic carbocycles. The van der Waals surface area contributed by atoms with Crippen LogP contribution in [0.5, 0.6) is 0 Å². The second-order valence-corrected chi connectivity index (χ2v) is 13.7. The molecule has 212 valence electrons. The lowest BCUT2D eigenvalue weighted by atomic mass is 9.76. The fraction of sp³-hybridized carbons (Fsp3) is 1.00. The lowest BCUT2D eigenvalue weighted by molar-refractivity contribution is 0.134. The summed E-state index contributed by atoms with van der Waals surface area (Å²) in [5.41, 5.74) is 0.319. The normalized spacial score (nSPS) is 13.0. The fourth-order valence-corrected chi connectivity index (χ4v) is 9.53. The van der Waals surface area contributed by atoms with Crippen LogP contribution in [0, 0.1) is 5.41 Å². The van der Waals surface area contributed by atoms with Gasteiger partial charge >= 0.3 is 8.56 Å². The molecule has 0 fully saturated rings. The Balaban J connectivity index is 5.91. The lowest BCUT2D eigenvalue weighted by Crippen LogP contribution is -2.47. The smallest absolute Gasteiger partial charge is 0.338 e. The zero-order valence-corrected chi connectivity index (χ0v) is 26.6. The Kier molecular flexibility index (Phi) is 21.0. The minimum Gasteiger partial charge on any atom is -0.394 e. The van der Waals surface area contributed by atoms with Crippen molar-refractivity contribution in [2.75, 3.05) is 72.1 Å². The summed E-state index contributed by atoms with van der Waals surface area (Å²) in [5.74, 6) is 0. The van der Waals surface area contributed by atoms with E-state index in [1.807, 2.05) is 0 Å². The molecule has 0 spiro atoms. The average Bonchev–Trinajstić information content (AvgIpc) is 2.87. The Morgan fingerprint density at radius 1 is 0.514 bits per heavy atom. The first kappa shape index (κ1) is 35.0. The largest absolute Gasteiger partial charge is 0.394 e. The monoisotopic (exact) mass is 515 g/mol. The van der Waals surface area contributed by atoms with Crippen LogP contribution in [0.3, 0.4) is 0 Å². The molecule has 5 nitrogen and oxygen atoms in total. The van der Waals surface area contributed by atoms with E-state index in [9.17, 15) is 0 Å². The van der Waals surface area contributed by atoms with Crippen LogP contribution in [0.4, 0.5) is 0 Å². The summed E-state index contributed by atoms with van der Waals surface area (Å²) in [6, 6.07) is 2.21.